The van der Waals surface area contributed by atoms with Crippen LogP contribution in [0.2, 0.25) is 0 Å². The number of aromatic nitrogens is 6. The largest absolute Gasteiger partial charge is 0.393 e. The molecule has 2 aromatic carbocycles. The fourth-order valence-electron chi connectivity index (χ4n) is 4.54. The van der Waals surface area contributed by atoms with Gasteiger partial charge in [0.15, 0.2) is 5.82 Å². The van der Waals surface area contributed by atoms with Crippen LogP contribution in [0.15, 0.2) is 60.9 Å². The SMILES string of the molecule is C[C@H](O)c1nccn1[C@@H](C#Cc1ccc(-c2ccc(C3CC(c4nnn(C)n4)C3)cc2)cc1)CO. The number of aliphatic hydroxyl groups excluding tert-OH is 2. The highest BCUT2D eigenvalue weighted by atomic mass is 16.3. The lowest BCUT2D eigenvalue weighted by atomic mass is 9.71. The van der Waals surface area contributed by atoms with Crippen molar-refractivity contribution in [2.24, 2.45) is 7.05 Å². The average Bonchev–Trinajstić information content (AvgIpc) is 3.49. The van der Waals surface area contributed by atoms with Gasteiger partial charge in [-0.25, -0.2) is 4.98 Å². The van der Waals surface area contributed by atoms with Crippen LogP contribution in [-0.2, 0) is 7.05 Å². The van der Waals surface area contributed by atoms with Crippen molar-refractivity contribution in [3.63, 3.8) is 0 Å². The van der Waals surface area contributed by atoms with E-state index in [2.05, 4.69) is 68.6 Å². The number of hydrogen-bond donors (Lipinski definition) is 2. The number of aliphatic hydroxyl groups is 2. The number of rotatable bonds is 6. The zero-order chi connectivity index (χ0) is 24.4. The van der Waals surface area contributed by atoms with Gasteiger partial charge in [0.1, 0.15) is 18.0 Å². The molecule has 2 aromatic heterocycles. The highest BCUT2D eigenvalue weighted by Gasteiger charge is 2.34. The Hall–Kier alpha value is -3.80. The molecule has 0 unspecified atom stereocenters. The summed E-state index contributed by atoms with van der Waals surface area (Å²) in [6.07, 6.45) is 4.72. The third kappa shape index (κ3) is 4.87. The van der Waals surface area contributed by atoms with Crippen LogP contribution in [0.4, 0.5) is 0 Å². The predicted octanol–water partition coefficient (Wildman–Crippen LogP) is 3.37. The summed E-state index contributed by atoms with van der Waals surface area (Å²) in [7, 11) is 1.80. The van der Waals surface area contributed by atoms with Crippen LogP contribution in [0.1, 0.15) is 66.5 Å². The molecule has 0 spiro atoms. The molecule has 1 fully saturated rings. The van der Waals surface area contributed by atoms with E-state index in [1.165, 1.54) is 10.4 Å². The molecule has 8 heteroatoms. The van der Waals surface area contributed by atoms with Gasteiger partial charge in [0.05, 0.1) is 13.7 Å². The Morgan fingerprint density at radius 2 is 1.71 bits per heavy atom. The monoisotopic (exact) mass is 468 g/mol. The average molecular weight is 469 g/mol. The van der Waals surface area contributed by atoms with Gasteiger partial charge in [0.25, 0.3) is 0 Å². The minimum absolute atomic E-state index is 0.162. The third-order valence-corrected chi connectivity index (χ3v) is 6.59. The van der Waals surface area contributed by atoms with E-state index in [0.717, 1.165) is 35.4 Å². The first-order valence-electron chi connectivity index (χ1n) is 11.8. The number of imidazole rings is 1. The van der Waals surface area contributed by atoms with Crippen LogP contribution in [0.3, 0.4) is 0 Å². The van der Waals surface area contributed by atoms with Crippen LogP contribution < -0.4 is 0 Å². The Morgan fingerprint density at radius 3 is 2.31 bits per heavy atom. The molecule has 0 aliphatic heterocycles. The van der Waals surface area contributed by atoms with Crippen molar-refractivity contribution in [2.45, 2.75) is 43.7 Å². The van der Waals surface area contributed by atoms with Crippen molar-refractivity contribution in [3.8, 4) is 23.0 Å². The maximum absolute atomic E-state index is 9.87. The molecule has 8 nitrogen and oxygen atoms in total. The van der Waals surface area contributed by atoms with Crippen molar-refractivity contribution in [1.82, 2.24) is 29.8 Å². The summed E-state index contributed by atoms with van der Waals surface area (Å²) in [4.78, 5) is 5.67. The Balaban J connectivity index is 1.23. The molecule has 35 heavy (non-hydrogen) atoms. The minimum atomic E-state index is -0.729. The summed E-state index contributed by atoms with van der Waals surface area (Å²) in [6.45, 7) is 1.48. The van der Waals surface area contributed by atoms with Gasteiger partial charge >= 0.3 is 0 Å². The molecule has 1 saturated carbocycles. The Labute approximate surface area is 204 Å². The zero-order valence-electron chi connectivity index (χ0n) is 19.8. The van der Waals surface area contributed by atoms with Gasteiger partial charge in [0.2, 0.25) is 0 Å². The molecule has 2 heterocycles. The van der Waals surface area contributed by atoms with Crippen molar-refractivity contribution >= 4 is 0 Å². The van der Waals surface area contributed by atoms with E-state index in [1.807, 2.05) is 12.1 Å². The lowest BCUT2D eigenvalue weighted by Crippen LogP contribution is -2.21. The van der Waals surface area contributed by atoms with Crippen LogP contribution in [-0.4, -0.2) is 46.6 Å². The summed E-state index contributed by atoms with van der Waals surface area (Å²) >= 11 is 0. The van der Waals surface area contributed by atoms with Gasteiger partial charge in [-0.3, -0.25) is 0 Å². The molecule has 2 atom stereocenters. The van der Waals surface area contributed by atoms with E-state index < -0.39 is 12.1 Å². The highest BCUT2D eigenvalue weighted by molar-refractivity contribution is 5.64. The maximum atomic E-state index is 9.87. The first kappa shape index (κ1) is 23.0. The Kier molecular flexibility index (Phi) is 6.45. The van der Waals surface area contributed by atoms with Gasteiger partial charge in [-0.15, -0.1) is 10.2 Å². The number of hydrogen-bond acceptors (Lipinski definition) is 6. The second-order valence-corrected chi connectivity index (χ2v) is 9.04. The van der Waals surface area contributed by atoms with Gasteiger partial charge in [-0.2, -0.15) is 4.80 Å². The quantitative estimate of drug-likeness (QED) is 0.421. The van der Waals surface area contributed by atoms with Crippen molar-refractivity contribution in [1.29, 1.82) is 0 Å². The Bertz CT molecular complexity index is 1340. The van der Waals surface area contributed by atoms with Crippen molar-refractivity contribution < 1.29 is 10.2 Å². The van der Waals surface area contributed by atoms with Crippen LogP contribution in [0.25, 0.3) is 11.1 Å². The maximum Gasteiger partial charge on any atom is 0.177 e. The summed E-state index contributed by atoms with van der Waals surface area (Å²) in [5, 5.41) is 32.1. The van der Waals surface area contributed by atoms with Crippen molar-refractivity contribution in [2.75, 3.05) is 6.61 Å². The lowest BCUT2D eigenvalue weighted by Gasteiger charge is -2.33. The van der Waals surface area contributed by atoms with E-state index in [1.54, 1.807) is 30.9 Å². The molecule has 0 bridgehead atoms. The summed E-state index contributed by atoms with van der Waals surface area (Å²) < 4.78 is 1.71. The molecule has 4 aromatic rings. The molecule has 1 aliphatic rings. The molecule has 178 valence electrons. The number of nitrogens with zero attached hydrogens (tertiary/aromatic N) is 6. The molecular weight excluding hydrogens is 440 g/mol. The van der Waals surface area contributed by atoms with E-state index >= 15 is 0 Å². The fraction of sp³-hybridized carbons (Fsp3) is 0.333. The van der Waals surface area contributed by atoms with E-state index in [0.29, 0.717) is 17.7 Å². The van der Waals surface area contributed by atoms with Gasteiger partial charge in [-0.1, -0.05) is 48.2 Å². The fourth-order valence-corrected chi connectivity index (χ4v) is 4.54. The molecule has 2 N–H and O–H groups in total. The van der Waals surface area contributed by atoms with Crippen LogP contribution in [0.5, 0.6) is 0 Å². The number of benzene rings is 2. The lowest BCUT2D eigenvalue weighted by molar-refractivity contribution is 0.176. The van der Waals surface area contributed by atoms with E-state index in [4.69, 9.17) is 0 Å². The second-order valence-electron chi connectivity index (χ2n) is 9.04. The van der Waals surface area contributed by atoms with Gasteiger partial charge in [0, 0.05) is 23.9 Å². The normalized spacial score (nSPS) is 18.9. The number of aryl methyl sites for hydroxylation is 1. The first-order valence-corrected chi connectivity index (χ1v) is 11.8. The summed E-state index contributed by atoms with van der Waals surface area (Å²) in [5.74, 6) is 8.50. The van der Waals surface area contributed by atoms with E-state index in [9.17, 15) is 10.2 Å². The second kappa shape index (κ2) is 9.82. The Morgan fingerprint density at radius 1 is 1.03 bits per heavy atom. The highest BCUT2D eigenvalue weighted by Crippen LogP contribution is 2.46. The molecule has 5 rings (SSSR count). The van der Waals surface area contributed by atoms with Crippen LogP contribution >= 0.6 is 0 Å². The molecular formula is C27H28N6O2. The zero-order valence-corrected chi connectivity index (χ0v) is 19.8. The number of tetrazole rings is 1. The summed E-state index contributed by atoms with van der Waals surface area (Å²) in [6, 6.07) is 16.4. The minimum Gasteiger partial charge on any atom is -0.393 e. The van der Waals surface area contributed by atoms with Gasteiger partial charge in [-0.05, 0) is 59.7 Å². The standard InChI is InChI=1S/C27H28N6O2/c1-18(35)27-28-13-14-33(27)25(17-34)12-5-19-3-6-20(7-4-19)21-8-10-22(11-9-21)23-15-24(16-23)26-29-31-32(2)30-26/h3-4,6-11,13-14,18,23-25,34-35H,15-17H2,1-2H3/t18-,23?,24?,25-/m0/s1. The topological polar surface area (TPSA) is 102 Å². The summed E-state index contributed by atoms with van der Waals surface area (Å²) in [5.41, 5.74) is 4.50. The molecule has 0 amide bonds. The molecule has 0 saturated heterocycles. The van der Waals surface area contributed by atoms with E-state index in [-0.39, 0.29) is 6.61 Å². The first-order chi connectivity index (χ1) is 17.0. The van der Waals surface area contributed by atoms with Crippen molar-refractivity contribution in [3.05, 3.63) is 83.7 Å². The predicted molar refractivity (Wildman–Crippen MR) is 131 cm³/mol. The molecule has 0 radical (unpaired) electrons. The molecule has 1 aliphatic carbocycles. The smallest absolute Gasteiger partial charge is 0.177 e. The van der Waals surface area contributed by atoms with Crippen LogP contribution in [0, 0.1) is 11.8 Å². The third-order valence-electron chi connectivity index (χ3n) is 6.59. The van der Waals surface area contributed by atoms with Gasteiger partial charge < -0.3 is 14.8 Å².